The Bertz CT molecular complexity index is 604. The maximum atomic E-state index is 12.0. The van der Waals surface area contributed by atoms with Crippen molar-refractivity contribution in [3.63, 3.8) is 0 Å². The van der Waals surface area contributed by atoms with Crippen molar-refractivity contribution in [2.24, 2.45) is 11.8 Å². The molecule has 0 saturated carbocycles. The minimum atomic E-state index is -0.181. The molecule has 0 aliphatic heterocycles. The molecule has 2 unspecified atom stereocenters. The molecule has 1 aromatic rings. The number of hydrogen-bond acceptors (Lipinski definition) is 4. The maximum Gasteiger partial charge on any atom is 0.305 e. The number of methoxy groups -OCH3 is 1. The smallest absolute Gasteiger partial charge is 0.305 e. The van der Waals surface area contributed by atoms with Gasteiger partial charge in [-0.25, -0.2) is 0 Å². The number of unbranched alkanes of at least 4 members (excludes halogenated alkanes) is 1. The fraction of sp³-hybridized carbons (Fsp3) is 0.429. The molecule has 4 nitrogen and oxygen atoms in total. The number of benzene rings is 1. The van der Waals surface area contributed by atoms with E-state index in [-0.39, 0.29) is 23.6 Å². The van der Waals surface area contributed by atoms with Crippen LogP contribution in [0.25, 0.3) is 0 Å². The maximum absolute atomic E-state index is 12.0. The van der Waals surface area contributed by atoms with Crippen LogP contribution in [0.5, 0.6) is 0 Å². The number of ketones is 1. The fourth-order valence-corrected chi connectivity index (χ4v) is 2.86. The van der Waals surface area contributed by atoms with Gasteiger partial charge in [0.1, 0.15) is 0 Å². The highest BCUT2D eigenvalue weighted by molar-refractivity contribution is 5.94. The second-order valence-corrected chi connectivity index (χ2v) is 6.21. The molecule has 1 aliphatic carbocycles. The zero-order chi connectivity index (χ0) is 17.9. The lowest BCUT2D eigenvalue weighted by Gasteiger charge is -2.16. The molecule has 2 atom stereocenters. The summed E-state index contributed by atoms with van der Waals surface area (Å²) in [6.45, 7) is 1.12. The van der Waals surface area contributed by atoms with Crippen molar-refractivity contribution in [2.45, 2.75) is 32.3 Å². The number of hydrogen-bond donors (Lipinski definition) is 0. The number of esters is 1. The standard InChI is InChI=1S/C21H26O4/c1-24-21(23)12-8-3-2-7-11-19-18(13-14-20(19)22)16-25-15-17-9-5-4-6-10-17/h2,4-7,9-10,13-14,18-19H,3,8,11-12,15-16H2,1H3. The first-order valence-corrected chi connectivity index (χ1v) is 8.76. The summed E-state index contributed by atoms with van der Waals surface area (Å²) in [7, 11) is 1.40. The molecule has 134 valence electrons. The summed E-state index contributed by atoms with van der Waals surface area (Å²) in [6, 6.07) is 10.0. The van der Waals surface area contributed by atoms with Crippen LogP contribution in [0.3, 0.4) is 0 Å². The van der Waals surface area contributed by atoms with Gasteiger partial charge in [-0.1, -0.05) is 48.6 Å². The van der Waals surface area contributed by atoms with Gasteiger partial charge in [0.05, 0.1) is 20.3 Å². The van der Waals surface area contributed by atoms with Crippen LogP contribution in [0, 0.1) is 11.8 Å². The van der Waals surface area contributed by atoms with Gasteiger partial charge in [0, 0.05) is 18.3 Å². The normalized spacial score (nSPS) is 19.6. The van der Waals surface area contributed by atoms with Gasteiger partial charge in [-0.3, -0.25) is 9.59 Å². The third kappa shape index (κ3) is 6.67. The van der Waals surface area contributed by atoms with Gasteiger partial charge in [0.15, 0.2) is 5.78 Å². The number of carbonyl (C=O) groups is 2. The first-order valence-electron chi connectivity index (χ1n) is 8.76. The predicted octanol–water partition coefficient (Wildman–Crippen LogP) is 3.86. The Morgan fingerprint density at radius 2 is 2.00 bits per heavy atom. The lowest BCUT2D eigenvalue weighted by atomic mass is 9.92. The highest BCUT2D eigenvalue weighted by atomic mass is 16.5. The zero-order valence-corrected chi connectivity index (χ0v) is 14.7. The molecule has 2 rings (SSSR count). The number of allylic oxidation sites excluding steroid dienone is 3. The monoisotopic (exact) mass is 342 g/mol. The van der Waals surface area contributed by atoms with Crippen molar-refractivity contribution in [3.8, 4) is 0 Å². The third-order valence-corrected chi connectivity index (χ3v) is 4.35. The van der Waals surface area contributed by atoms with Crippen LogP contribution in [0.2, 0.25) is 0 Å². The molecule has 4 heteroatoms. The second-order valence-electron chi connectivity index (χ2n) is 6.21. The molecule has 1 aromatic carbocycles. The topological polar surface area (TPSA) is 52.6 Å². The van der Waals surface area contributed by atoms with Gasteiger partial charge < -0.3 is 9.47 Å². The van der Waals surface area contributed by atoms with Crippen molar-refractivity contribution >= 4 is 11.8 Å². The van der Waals surface area contributed by atoms with E-state index >= 15 is 0 Å². The van der Waals surface area contributed by atoms with E-state index < -0.39 is 0 Å². The van der Waals surface area contributed by atoms with Crippen LogP contribution in [0.1, 0.15) is 31.2 Å². The summed E-state index contributed by atoms with van der Waals surface area (Å²) in [5.41, 5.74) is 1.14. The molecule has 0 saturated heterocycles. The lowest BCUT2D eigenvalue weighted by Crippen LogP contribution is -2.19. The average molecular weight is 342 g/mol. The second kappa shape index (κ2) is 10.6. The highest BCUT2D eigenvalue weighted by Gasteiger charge is 2.28. The molecule has 0 N–H and O–H groups in total. The van der Waals surface area contributed by atoms with E-state index in [2.05, 4.69) is 4.74 Å². The Kier molecular flexibility index (Phi) is 8.13. The van der Waals surface area contributed by atoms with E-state index in [9.17, 15) is 9.59 Å². The molecular weight excluding hydrogens is 316 g/mol. The summed E-state index contributed by atoms with van der Waals surface area (Å²) < 4.78 is 10.4. The summed E-state index contributed by atoms with van der Waals surface area (Å²) in [4.78, 5) is 23.1. The van der Waals surface area contributed by atoms with Crippen molar-refractivity contribution in [3.05, 3.63) is 60.2 Å². The molecule has 0 radical (unpaired) electrons. The molecule has 0 bridgehead atoms. The molecule has 25 heavy (non-hydrogen) atoms. The molecule has 1 aliphatic rings. The average Bonchev–Trinajstić information content (AvgIpc) is 2.98. The molecule has 0 spiro atoms. The Hall–Kier alpha value is -2.20. The van der Waals surface area contributed by atoms with Crippen LogP contribution >= 0.6 is 0 Å². The molecular formula is C21H26O4. The molecule has 0 amide bonds. The van der Waals surface area contributed by atoms with E-state index in [1.54, 1.807) is 6.08 Å². The summed E-state index contributed by atoms with van der Waals surface area (Å²) >= 11 is 0. The van der Waals surface area contributed by atoms with E-state index in [0.29, 0.717) is 26.1 Å². The Morgan fingerprint density at radius 1 is 1.20 bits per heavy atom. The number of carbonyl (C=O) groups excluding carboxylic acids is 2. The van der Waals surface area contributed by atoms with Gasteiger partial charge in [-0.2, -0.15) is 0 Å². The van der Waals surface area contributed by atoms with Gasteiger partial charge in [0.25, 0.3) is 0 Å². The zero-order valence-electron chi connectivity index (χ0n) is 14.7. The van der Waals surface area contributed by atoms with Crippen LogP contribution in [-0.2, 0) is 25.7 Å². The van der Waals surface area contributed by atoms with Crippen molar-refractivity contribution < 1.29 is 19.1 Å². The van der Waals surface area contributed by atoms with Crippen molar-refractivity contribution in [1.29, 1.82) is 0 Å². The summed E-state index contributed by atoms with van der Waals surface area (Å²) in [6.07, 6.45) is 10.4. The quantitative estimate of drug-likeness (QED) is 0.368. The van der Waals surface area contributed by atoms with Gasteiger partial charge in [0.2, 0.25) is 0 Å². The van der Waals surface area contributed by atoms with E-state index in [1.165, 1.54) is 7.11 Å². The van der Waals surface area contributed by atoms with E-state index in [0.717, 1.165) is 18.4 Å². The minimum absolute atomic E-state index is 0.0346. The Morgan fingerprint density at radius 3 is 2.76 bits per heavy atom. The summed E-state index contributed by atoms with van der Waals surface area (Å²) in [5, 5.41) is 0. The van der Waals surface area contributed by atoms with Crippen LogP contribution in [-0.4, -0.2) is 25.5 Å². The Labute approximate surface area is 149 Å². The largest absolute Gasteiger partial charge is 0.469 e. The first kappa shape index (κ1) is 19.1. The molecule has 0 heterocycles. The number of rotatable bonds is 10. The van der Waals surface area contributed by atoms with Crippen LogP contribution < -0.4 is 0 Å². The summed E-state index contributed by atoms with van der Waals surface area (Å²) in [5.74, 6) is 0.0929. The third-order valence-electron chi connectivity index (χ3n) is 4.35. The van der Waals surface area contributed by atoms with Gasteiger partial charge in [-0.15, -0.1) is 0 Å². The molecule has 0 aromatic heterocycles. The minimum Gasteiger partial charge on any atom is -0.469 e. The highest BCUT2D eigenvalue weighted by Crippen LogP contribution is 2.26. The molecule has 0 fully saturated rings. The van der Waals surface area contributed by atoms with E-state index in [4.69, 9.17) is 4.74 Å². The van der Waals surface area contributed by atoms with Gasteiger partial charge >= 0.3 is 5.97 Å². The van der Waals surface area contributed by atoms with Crippen molar-refractivity contribution in [1.82, 2.24) is 0 Å². The van der Waals surface area contributed by atoms with Crippen LogP contribution in [0.4, 0.5) is 0 Å². The van der Waals surface area contributed by atoms with E-state index in [1.807, 2.05) is 48.6 Å². The first-order chi connectivity index (χ1) is 12.2. The SMILES string of the molecule is COC(=O)CCCC=CCC1C(=O)C=CC1COCc1ccccc1. The van der Waals surface area contributed by atoms with Crippen LogP contribution in [0.15, 0.2) is 54.6 Å². The predicted molar refractivity (Wildman–Crippen MR) is 96.8 cm³/mol. The van der Waals surface area contributed by atoms with Gasteiger partial charge in [-0.05, 0) is 30.9 Å². The Balaban J connectivity index is 1.69. The fourth-order valence-electron chi connectivity index (χ4n) is 2.86. The lowest BCUT2D eigenvalue weighted by molar-refractivity contribution is -0.140. The van der Waals surface area contributed by atoms with Crippen molar-refractivity contribution in [2.75, 3.05) is 13.7 Å². The number of ether oxygens (including phenoxy) is 2.